The van der Waals surface area contributed by atoms with Gasteiger partial charge in [-0.25, -0.2) is 0 Å². The van der Waals surface area contributed by atoms with Crippen molar-refractivity contribution < 1.29 is 9.59 Å². The van der Waals surface area contributed by atoms with Crippen molar-refractivity contribution >= 4 is 42.5 Å². The monoisotopic (exact) mass is 565 g/mol. The number of hydrogen-bond acceptors (Lipinski definition) is 4. The highest BCUT2D eigenvalue weighted by Gasteiger charge is 2.68. The number of piperidine rings is 1. The molecule has 1 heterocycles. The summed E-state index contributed by atoms with van der Waals surface area (Å²) in [6.45, 7) is 1.03. The maximum absolute atomic E-state index is 14.0. The summed E-state index contributed by atoms with van der Waals surface area (Å²) in [7, 11) is 0. The van der Waals surface area contributed by atoms with Gasteiger partial charge in [0.2, 0.25) is 11.8 Å². The maximum Gasteiger partial charge on any atom is 0.246 e. The van der Waals surface area contributed by atoms with Gasteiger partial charge in [-0.3, -0.25) is 15.0 Å². The molecule has 1 aromatic carbocycles. The van der Waals surface area contributed by atoms with Gasteiger partial charge in [0.1, 0.15) is 11.4 Å². The highest BCUT2D eigenvalue weighted by Crippen LogP contribution is 2.56. The molecule has 0 unspecified atom stereocenters. The predicted molar refractivity (Wildman–Crippen MR) is 156 cm³/mol. The third-order valence-electron chi connectivity index (χ3n) is 9.72. The fourth-order valence-electron chi connectivity index (χ4n) is 7.67. The summed E-state index contributed by atoms with van der Waals surface area (Å²) < 4.78 is 0. The Morgan fingerprint density at radius 1 is 0.947 bits per heavy atom. The lowest BCUT2D eigenvalue weighted by Gasteiger charge is -2.42. The van der Waals surface area contributed by atoms with Crippen LogP contribution < -0.4 is 16.8 Å². The standard InChI is InChI=1S/C29H43N5O2.2ClH/c30-25(24(20-7-3-1-4-8-20)21-9-5-2-6-10-21)27(35)34-16-15-23-17-29(23,34)28(36)33-18-19-11-13-22(14-12-19)26(31)32;;/h11-14,20-21,23-25H,1-10,15-18,30H2,(H3,31,32)(H,33,36);2*1H/t23-,25-,29+;;/m1../s1. The number of halogens is 2. The smallest absolute Gasteiger partial charge is 0.246 e. The molecule has 6 N–H and O–H groups in total. The third kappa shape index (κ3) is 6.00. The number of hydrogen-bond donors (Lipinski definition) is 4. The third-order valence-corrected chi connectivity index (χ3v) is 9.72. The summed E-state index contributed by atoms with van der Waals surface area (Å²) in [5, 5.41) is 10.6. The second-order valence-corrected chi connectivity index (χ2v) is 11.8. The van der Waals surface area contributed by atoms with Gasteiger partial charge in [-0.15, -0.1) is 24.8 Å². The molecule has 212 valence electrons. The molecule has 1 aromatic rings. The molecule has 1 saturated heterocycles. The van der Waals surface area contributed by atoms with E-state index in [-0.39, 0.29) is 54.3 Å². The van der Waals surface area contributed by atoms with E-state index in [9.17, 15) is 9.59 Å². The summed E-state index contributed by atoms with van der Waals surface area (Å²) in [5.41, 5.74) is 13.3. The van der Waals surface area contributed by atoms with Crippen LogP contribution in [0.1, 0.15) is 88.2 Å². The first-order valence-corrected chi connectivity index (χ1v) is 14.2. The Morgan fingerprint density at radius 2 is 1.50 bits per heavy atom. The van der Waals surface area contributed by atoms with Crippen LogP contribution in [0.5, 0.6) is 0 Å². The van der Waals surface area contributed by atoms with Crippen LogP contribution in [0.3, 0.4) is 0 Å². The van der Waals surface area contributed by atoms with Gasteiger partial charge in [0.25, 0.3) is 0 Å². The largest absolute Gasteiger partial charge is 0.384 e. The molecule has 5 rings (SSSR count). The Morgan fingerprint density at radius 3 is 2.00 bits per heavy atom. The van der Waals surface area contributed by atoms with Gasteiger partial charge in [-0.05, 0) is 42.1 Å². The molecule has 0 aromatic heterocycles. The average Bonchev–Trinajstić information content (AvgIpc) is 3.53. The van der Waals surface area contributed by atoms with Crippen LogP contribution in [-0.2, 0) is 16.1 Å². The summed E-state index contributed by atoms with van der Waals surface area (Å²) >= 11 is 0. The van der Waals surface area contributed by atoms with Crippen molar-refractivity contribution in [3.05, 3.63) is 35.4 Å². The van der Waals surface area contributed by atoms with Gasteiger partial charge in [0.15, 0.2) is 0 Å². The van der Waals surface area contributed by atoms with E-state index in [1.54, 1.807) is 12.1 Å². The van der Waals surface area contributed by atoms with Gasteiger partial charge >= 0.3 is 0 Å². The van der Waals surface area contributed by atoms with Gasteiger partial charge in [0, 0.05) is 18.7 Å². The Kier molecular flexibility index (Phi) is 10.5. The van der Waals surface area contributed by atoms with Crippen molar-refractivity contribution in [3.63, 3.8) is 0 Å². The van der Waals surface area contributed by atoms with Crippen LogP contribution in [0.4, 0.5) is 0 Å². The van der Waals surface area contributed by atoms with Crippen molar-refractivity contribution in [2.24, 2.45) is 35.1 Å². The quantitative estimate of drug-likeness (QED) is 0.273. The number of nitrogens with zero attached hydrogens (tertiary/aromatic N) is 1. The van der Waals surface area contributed by atoms with E-state index in [1.165, 1.54) is 64.2 Å². The van der Waals surface area contributed by atoms with Gasteiger partial charge < -0.3 is 21.7 Å². The van der Waals surface area contributed by atoms with Crippen molar-refractivity contribution in [2.75, 3.05) is 6.54 Å². The van der Waals surface area contributed by atoms with Crippen molar-refractivity contribution in [3.8, 4) is 0 Å². The minimum absolute atomic E-state index is 0. The lowest BCUT2D eigenvalue weighted by Crippen LogP contribution is -2.58. The predicted octanol–water partition coefficient (Wildman–Crippen LogP) is 4.53. The number of rotatable bonds is 8. The summed E-state index contributed by atoms with van der Waals surface area (Å²) in [5.74, 6) is 1.57. The van der Waals surface area contributed by atoms with Crippen molar-refractivity contribution in [1.29, 1.82) is 5.41 Å². The number of amides is 2. The van der Waals surface area contributed by atoms with Crippen molar-refractivity contribution in [1.82, 2.24) is 10.2 Å². The highest BCUT2D eigenvalue weighted by atomic mass is 35.5. The molecule has 9 heteroatoms. The van der Waals surface area contributed by atoms with Crippen LogP contribution >= 0.6 is 24.8 Å². The fraction of sp³-hybridized carbons (Fsp3) is 0.690. The zero-order valence-corrected chi connectivity index (χ0v) is 24.0. The Labute approximate surface area is 239 Å². The van der Waals surface area contributed by atoms with Crippen LogP contribution in [0.25, 0.3) is 0 Å². The molecule has 0 bridgehead atoms. The van der Waals surface area contributed by atoms with E-state index in [2.05, 4.69) is 5.32 Å². The lowest BCUT2D eigenvalue weighted by molar-refractivity contribution is -0.144. The van der Waals surface area contributed by atoms with Crippen LogP contribution in [0.2, 0.25) is 0 Å². The highest BCUT2D eigenvalue weighted by molar-refractivity contribution is 5.97. The summed E-state index contributed by atoms with van der Waals surface area (Å²) in [4.78, 5) is 29.3. The number of likely N-dealkylation sites (tertiary alicyclic amines) is 1. The Balaban J connectivity index is 0.00000200. The van der Waals surface area contributed by atoms with E-state index >= 15 is 0 Å². The number of carbonyl (C=O) groups is 2. The van der Waals surface area contributed by atoms with Gasteiger partial charge in [-0.1, -0.05) is 88.5 Å². The maximum atomic E-state index is 14.0. The second kappa shape index (κ2) is 13.0. The van der Waals surface area contributed by atoms with E-state index < -0.39 is 11.6 Å². The molecule has 1 aliphatic heterocycles. The van der Waals surface area contributed by atoms with E-state index in [4.69, 9.17) is 16.9 Å². The van der Waals surface area contributed by atoms with Crippen molar-refractivity contribution in [2.45, 2.75) is 95.2 Å². The minimum atomic E-state index is -0.711. The minimum Gasteiger partial charge on any atom is -0.384 e. The lowest BCUT2D eigenvalue weighted by atomic mass is 9.66. The zero-order chi connectivity index (χ0) is 25.3. The molecule has 38 heavy (non-hydrogen) atoms. The SMILES string of the molecule is Cl.Cl.N=C(N)c1ccc(CNC(=O)[C@]23C[C@H]2CCN3C(=O)[C@H](N)C(C2CCCCC2)C2CCCCC2)cc1. The van der Waals surface area contributed by atoms with E-state index in [0.717, 1.165) is 18.4 Å². The number of benzene rings is 1. The van der Waals surface area contributed by atoms with Gasteiger partial charge in [0.05, 0.1) is 6.04 Å². The molecular weight excluding hydrogens is 521 g/mol. The topological polar surface area (TPSA) is 125 Å². The molecule has 4 fully saturated rings. The van der Waals surface area contributed by atoms with Crippen LogP contribution in [0.15, 0.2) is 24.3 Å². The molecule has 4 aliphatic rings. The Bertz CT molecular complexity index is 960. The number of nitrogens with two attached hydrogens (primary N) is 2. The number of nitrogens with one attached hydrogen (secondary N) is 2. The normalized spacial score (nSPS) is 26.1. The van der Waals surface area contributed by atoms with E-state index in [0.29, 0.717) is 30.5 Å². The summed E-state index contributed by atoms with van der Waals surface area (Å²) in [6.07, 6.45) is 14.0. The van der Waals surface area contributed by atoms with Crippen LogP contribution in [-0.4, -0.2) is 40.7 Å². The first-order chi connectivity index (χ1) is 17.4. The number of carbonyl (C=O) groups excluding carboxylic acids is 2. The van der Waals surface area contributed by atoms with Crippen LogP contribution in [0, 0.1) is 29.1 Å². The second-order valence-electron chi connectivity index (χ2n) is 11.8. The first kappa shape index (κ1) is 30.7. The molecule has 3 aliphatic carbocycles. The molecule has 2 amide bonds. The molecular formula is C29H45Cl2N5O2. The average molecular weight is 567 g/mol. The van der Waals surface area contributed by atoms with Gasteiger partial charge in [-0.2, -0.15) is 0 Å². The first-order valence-electron chi connectivity index (χ1n) is 14.2. The molecule has 3 atom stereocenters. The molecule has 7 nitrogen and oxygen atoms in total. The summed E-state index contributed by atoms with van der Waals surface area (Å²) in [6, 6.07) is 6.85. The Hall–Kier alpha value is -1.83. The molecule has 0 radical (unpaired) electrons. The van der Waals surface area contributed by atoms with E-state index in [1.807, 2.05) is 17.0 Å². The number of nitrogen functional groups attached to an aromatic ring is 1. The number of fused-ring (bicyclic) bond motifs is 1. The molecule has 0 spiro atoms. The molecule has 3 saturated carbocycles. The zero-order valence-electron chi connectivity index (χ0n) is 22.3. The fourth-order valence-corrected chi connectivity index (χ4v) is 7.67. The number of amidine groups is 1.